The fourth-order valence-electron chi connectivity index (χ4n) is 1.03. The number of rotatable bonds is 11. The zero-order chi connectivity index (χ0) is 17.4. The van der Waals surface area contributed by atoms with Crippen molar-refractivity contribution in [1.82, 2.24) is 5.43 Å². The number of hydrogen-bond donors (Lipinski definition) is 2. The largest absolute Gasteiger partial charge is 0.294 e. The molecule has 3 N–H and O–H groups in total. The quantitative estimate of drug-likeness (QED) is 0.200. The standard InChI is InChI=1S/C15H32N2O5/c1-8-13(3,4)19-21-15(7,11-10-12(18)17-16)22-20-14(5,6)9-2/h8-11,16H2,1-7H3,(H,17,18). The third-order valence-corrected chi connectivity index (χ3v) is 3.56. The van der Waals surface area contributed by atoms with Gasteiger partial charge in [0.1, 0.15) is 0 Å². The van der Waals surface area contributed by atoms with Gasteiger partial charge in [-0.15, -0.1) is 0 Å². The highest BCUT2D eigenvalue weighted by atomic mass is 17.3. The zero-order valence-electron chi connectivity index (χ0n) is 14.9. The van der Waals surface area contributed by atoms with E-state index in [-0.39, 0.29) is 18.7 Å². The van der Waals surface area contributed by atoms with Crippen LogP contribution in [0, 0.1) is 0 Å². The molecular weight excluding hydrogens is 288 g/mol. The Balaban J connectivity index is 4.77. The molecule has 0 spiro atoms. The Labute approximate surface area is 133 Å². The molecule has 132 valence electrons. The van der Waals surface area contributed by atoms with Crippen LogP contribution in [0.5, 0.6) is 0 Å². The Bertz CT molecular complexity index is 325. The van der Waals surface area contributed by atoms with Crippen LogP contribution in [0.3, 0.4) is 0 Å². The van der Waals surface area contributed by atoms with Gasteiger partial charge in [0.15, 0.2) is 0 Å². The molecule has 22 heavy (non-hydrogen) atoms. The average Bonchev–Trinajstić information content (AvgIpc) is 2.49. The van der Waals surface area contributed by atoms with Crippen molar-refractivity contribution in [3.8, 4) is 0 Å². The third kappa shape index (κ3) is 8.65. The van der Waals surface area contributed by atoms with E-state index < -0.39 is 17.0 Å². The van der Waals surface area contributed by atoms with Crippen LogP contribution in [0.1, 0.15) is 74.1 Å². The van der Waals surface area contributed by atoms with Crippen LogP contribution < -0.4 is 11.3 Å². The SMILES string of the molecule is CCC(C)(C)OOC(C)(CCC(=O)NN)OOC(C)(C)CC. The molecule has 0 rings (SSSR count). The summed E-state index contributed by atoms with van der Waals surface area (Å²) in [7, 11) is 0. The van der Waals surface area contributed by atoms with Crippen molar-refractivity contribution >= 4 is 5.91 Å². The lowest BCUT2D eigenvalue weighted by molar-refractivity contribution is -0.539. The highest BCUT2D eigenvalue weighted by Crippen LogP contribution is 2.27. The molecule has 0 radical (unpaired) electrons. The highest BCUT2D eigenvalue weighted by molar-refractivity contribution is 5.75. The Morgan fingerprint density at radius 3 is 1.64 bits per heavy atom. The fourth-order valence-corrected chi connectivity index (χ4v) is 1.03. The molecule has 0 aromatic rings. The molecule has 7 heteroatoms. The van der Waals surface area contributed by atoms with Gasteiger partial charge < -0.3 is 0 Å². The fraction of sp³-hybridized carbons (Fsp3) is 0.933. The van der Waals surface area contributed by atoms with E-state index in [1.807, 2.05) is 41.5 Å². The van der Waals surface area contributed by atoms with Crippen LogP contribution in [0.2, 0.25) is 0 Å². The minimum Gasteiger partial charge on any atom is -0.294 e. The monoisotopic (exact) mass is 320 g/mol. The van der Waals surface area contributed by atoms with E-state index in [2.05, 4.69) is 5.43 Å². The molecular formula is C15H32N2O5. The van der Waals surface area contributed by atoms with Gasteiger partial charge in [-0.25, -0.2) is 15.6 Å². The molecule has 0 unspecified atom stereocenters. The van der Waals surface area contributed by atoms with Crippen LogP contribution in [-0.2, 0) is 24.3 Å². The summed E-state index contributed by atoms with van der Waals surface area (Å²) in [5.41, 5.74) is 1.13. The summed E-state index contributed by atoms with van der Waals surface area (Å²) in [6, 6.07) is 0. The summed E-state index contributed by atoms with van der Waals surface area (Å²) in [4.78, 5) is 33.1. The summed E-state index contributed by atoms with van der Waals surface area (Å²) in [5, 5.41) is 0. The maximum absolute atomic E-state index is 11.3. The number of hydrogen-bond acceptors (Lipinski definition) is 6. The predicted molar refractivity (Wildman–Crippen MR) is 83.0 cm³/mol. The molecule has 0 fully saturated rings. The molecule has 0 aliphatic carbocycles. The van der Waals surface area contributed by atoms with Crippen LogP contribution >= 0.6 is 0 Å². The number of nitrogens with two attached hydrogens (primary N) is 1. The van der Waals surface area contributed by atoms with Crippen LogP contribution in [0.25, 0.3) is 0 Å². The minimum absolute atomic E-state index is 0.124. The number of carbonyl (C=O) groups is 1. The first-order chi connectivity index (χ1) is 9.99. The molecule has 0 atom stereocenters. The van der Waals surface area contributed by atoms with Crippen molar-refractivity contribution < 1.29 is 24.3 Å². The number of carbonyl (C=O) groups excluding carboxylic acids is 1. The van der Waals surface area contributed by atoms with Gasteiger partial charge in [-0.2, -0.15) is 9.78 Å². The van der Waals surface area contributed by atoms with Crippen molar-refractivity contribution in [3.05, 3.63) is 0 Å². The molecule has 0 aromatic carbocycles. The lowest BCUT2D eigenvalue weighted by atomic mass is 10.1. The number of nitrogens with one attached hydrogen (secondary N) is 1. The third-order valence-electron chi connectivity index (χ3n) is 3.56. The van der Waals surface area contributed by atoms with Gasteiger partial charge in [0, 0.05) is 12.8 Å². The van der Waals surface area contributed by atoms with Gasteiger partial charge in [-0.1, -0.05) is 13.8 Å². The average molecular weight is 320 g/mol. The van der Waals surface area contributed by atoms with Crippen LogP contribution in [0.4, 0.5) is 0 Å². The smallest absolute Gasteiger partial charge is 0.234 e. The van der Waals surface area contributed by atoms with Gasteiger partial charge in [-0.05, 0) is 47.5 Å². The summed E-state index contributed by atoms with van der Waals surface area (Å²) in [6.45, 7) is 13.2. The van der Waals surface area contributed by atoms with Gasteiger partial charge in [-0.3, -0.25) is 10.2 Å². The maximum atomic E-state index is 11.3. The van der Waals surface area contributed by atoms with Crippen molar-refractivity contribution in [2.45, 2.75) is 91.1 Å². The first-order valence-electron chi connectivity index (χ1n) is 7.72. The Morgan fingerprint density at radius 1 is 0.909 bits per heavy atom. The Kier molecular flexibility index (Phi) is 8.49. The first-order valence-corrected chi connectivity index (χ1v) is 7.72. The summed E-state index contributed by atoms with van der Waals surface area (Å²) < 4.78 is 0. The minimum atomic E-state index is -1.22. The van der Waals surface area contributed by atoms with E-state index in [0.29, 0.717) is 0 Å². The second-order valence-corrected chi connectivity index (χ2v) is 6.76. The van der Waals surface area contributed by atoms with E-state index in [4.69, 9.17) is 25.4 Å². The number of hydrazine groups is 1. The van der Waals surface area contributed by atoms with Crippen LogP contribution in [0.15, 0.2) is 0 Å². The van der Waals surface area contributed by atoms with E-state index in [1.165, 1.54) is 0 Å². The summed E-state index contributed by atoms with van der Waals surface area (Å²) in [6.07, 6.45) is 1.87. The predicted octanol–water partition coefficient (Wildman–Crippen LogP) is 2.75. The molecule has 0 heterocycles. The van der Waals surface area contributed by atoms with Crippen LogP contribution in [-0.4, -0.2) is 22.9 Å². The molecule has 1 amide bonds. The van der Waals surface area contributed by atoms with E-state index in [9.17, 15) is 4.79 Å². The summed E-state index contributed by atoms with van der Waals surface area (Å²) in [5.74, 6) is 3.55. The van der Waals surface area contributed by atoms with Gasteiger partial charge in [0.25, 0.3) is 0 Å². The van der Waals surface area contributed by atoms with Crippen molar-refractivity contribution in [2.24, 2.45) is 5.84 Å². The maximum Gasteiger partial charge on any atom is 0.234 e. The van der Waals surface area contributed by atoms with Crippen molar-refractivity contribution in [2.75, 3.05) is 0 Å². The van der Waals surface area contributed by atoms with Crippen molar-refractivity contribution in [1.29, 1.82) is 0 Å². The molecule has 0 saturated heterocycles. The Hall–Kier alpha value is -0.730. The van der Waals surface area contributed by atoms with Crippen molar-refractivity contribution in [3.63, 3.8) is 0 Å². The Morgan fingerprint density at radius 2 is 1.32 bits per heavy atom. The summed E-state index contributed by atoms with van der Waals surface area (Å²) >= 11 is 0. The van der Waals surface area contributed by atoms with E-state index in [1.54, 1.807) is 6.92 Å². The zero-order valence-corrected chi connectivity index (χ0v) is 14.9. The topological polar surface area (TPSA) is 92.0 Å². The molecule has 0 saturated carbocycles. The molecule has 7 nitrogen and oxygen atoms in total. The lowest BCUT2D eigenvalue weighted by Crippen LogP contribution is -2.41. The van der Waals surface area contributed by atoms with Gasteiger partial charge >= 0.3 is 0 Å². The lowest BCUT2D eigenvalue weighted by Gasteiger charge is -2.34. The van der Waals surface area contributed by atoms with E-state index in [0.717, 1.165) is 12.8 Å². The second-order valence-electron chi connectivity index (χ2n) is 6.76. The molecule has 0 aliphatic rings. The number of amides is 1. The van der Waals surface area contributed by atoms with E-state index >= 15 is 0 Å². The van der Waals surface area contributed by atoms with Gasteiger partial charge in [0.2, 0.25) is 11.7 Å². The molecule has 0 bridgehead atoms. The highest BCUT2D eigenvalue weighted by Gasteiger charge is 2.35. The molecule has 0 aliphatic heterocycles. The van der Waals surface area contributed by atoms with Gasteiger partial charge in [0.05, 0.1) is 11.2 Å². The normalized spacial score (nSPS) is 13.3. The second kappa shape index (κ2) is 8.79. The first kappa shape index (κ1) is 21.3. The molecule has 0 aromatic heterocycles.